The summed E-state index contributed by atoms with van der Waals surface area (Å²) in [6.45, 7) is 0.0757. The average Bonchev–Trinajstić information content (AvgIpc) is 3.07. The van der Waals surface area contributed by atoms with Crippen molar-refractivity contribution >= 4 is 31.3 Å². The van der Waals surface area contributed by atoms with Crippen molar-refractivity contribution < 1.29 is 17.6 Å². The largest absolute Gasteiger partial charge is 0.444 e. The zero-order valence-electron chi connectivity index (χ0n) is 10.8. The number of rotatable bonds is 3. The maximum atomic E-state index is 11.9. The molecule has 1 atom stereocenters. The summed E-state index contributed by atoms with van der Waals surface area (Å²) in [5, 5.41) is -0.861. The minimum atomic E-state index is -3.73. The molecule has 1 amide bonds. The molecule has 1 fully saturated rings. The van der Waals surface area contributed by atoms with E-state index in [9.17, 15) is 13.2 Å². The number of hydrogen-bond donors (Lipinski definition) is 0. The van der Waals surface area contributed by atoms with Crippen molar-refractivity contribution in [1.29, 1.82) is 0 Å². The summed E-state index contributed by atoms with van der Waals surface area (Å²) in [6.07, 6.45) is 2.84. The molecule has 0 radical (unpaired) electrons. The first-order valence-corrected chi connectivity index (χ1v) is 8.55. The lowest BCUT2D eigenvalue weighted by Crippen LogP contribution is -2.26. The lowest BCUT2D eigenvalue weighted by atomic mass is 10.1. The number of amides is 1. The van der Waals surface area contributed by atoms with E-state index in [1.807, 2.05) is 0 Å². The Labute approximate surface area is 125 Å². The molecule has 0 spiro atoms. The SMILES string of the molecule is O=C1CC(S(=O)(=O)Cl)CN1c1ccc(-c2cnco2)cc1. The summed E-state index contributed by atoms with van der Waals surface area (Å²) in [7, 11) is 1.59. The Balaban J connectivity index is 1.83. The number of carbonyl (C=O) groups excluding carboxylic acids is 1. The second-order valence-electron chi connectivity index (χ2n) is 4.72. The molecule has 3 rings (SSSR count). The molecule has 0 saturated carbocycles. The zero-order chi connectivity index (χ0) is 15.0. The highest BCUT2D eigenvalue weighted by Crippen LogP contribution is 2.28. The van der Waals surface area contributed by atoms with E-state index in [4.69, 9.17) is 15.1 Å². The van der Waals surface area contributed by atoms with Gasteiger partial charge in [0.1, 0.15) is 5.25 Å². The smallest absolute Gasteiger partial charge is 0.237 e. The van der Waals surface area contributed by atoms with Gasteiger partial charge in [0.25, 0.3) is 0 Å². The van der Waals surface area contributed by atoms with Gasteiger partial charge in [-0.05, 0) is 24.3 Å². The highest BCUT2D eigenvalue weighted by Gasteiger charge is 2.37. The lowest BCUT2D eigenvalue weighted by Gasteiger charge is -2.16. The van der Waals surface area contributed by atoms with E-state index in [1.54, 1.807) is 30.5 Å². The fourth-order valence-corrected chi connectivity index (χ4v) is 3.30. The molecule has 6 nitrogen and oxygen atoms in total. The number of halogens is 1. The number of oxazole rings is 1. The van der Waals surface area contributed by atoms with Crippen LogP contribution in [0.1, 0.15) is 6.42 Å². The second kappa shape index (κ2) is 5.16. The van der Waals surface area contributed by atoms with Crippen LogP contribution < -0.4 is 4.90 Å². The fourth-order valence-electron chi connectivity index (χ4n) is 2.28. The summed E-state index contributed by atoms with van der Waals surface area (Å²) in [5.41, 5.74) is 1.45. The fraction of sp³-hybridized carbons (Fsp3) is 0.231. The highest BCUT2D eigenvalue weighted by atomic mass is 35.7. The molecular weight excluding hydrogens is 316 g/mol. The molecule has 1 saturated heterocycles. The third-order valence-electron chi connectivity index (χ3n) is 3.38. The Kier molecular flexibility index (Phi) is 3.46. The Morgan fingerprint density at radius 3 is 2.52 bits per heavy atom. The maximum Gasteiger partial charge on any atom is 0.237 e. The molecule has 1 aliphatic heterocycles. The Bertz CT molecular complexity index is 756. The Hall–Kier alpha value is -1.86. The molecule has 1 aliphatic rings. The van der Waals surface area contributed by atoms with E-state index in [2.05, 4.69) is 4.98 Å². The van der Waals surface area contributed by atoms with Crippen molar-refractivity contribution in [2.75, 3.05) is 11.4 Å². The van der Waals surface area contributed by atoms with Crippen LogP contribution in [-0.2, 0) is 13.8 Å². The standard InChI is InChI=1S/C13H11ClN2O4S/c14-21(18,19)11-5-13(17)16(7-11)10-3-1-9(2-4-10)12-6-15-8-20-12/h1-4,6,8,11H,5,7H2. The summed E-state index contributed by atoms with van der Waals surface area (Å²) < 4.78 is 27.8. The minimum absolute atomic E-state index is 0.0757. The molecule has 1 aromatic heterocycles. The van der Waals surface area contributed by atoms with Crippen LogP contribution in [0.5, 0.6) is 0 Å². The van der Waals surface area contributed by atoms with Crippen molar-refractivity contribution in [3.05, 3.63) is 36.9 Å². The van der Waals surface area contributed by atoms with Crippen molar-refractivity contribution in [3.63, 3.8) is 0 Å². The number of carbonyl (C=O) groups is 1. The number of nitrogens with zero attached hydrogens (tertiary/aromatic N) is 2. The van der Waals surface area contributed by atoms with E-state index in [1.165, 1.54) is 11.3 Å². The first-order chi connectivity index (χ1) is 9.95. The van der Waals surface area contributed by atoms with Gasteiger partial charge in [0, 0.05) is 34.9 Å². The van der Waals surface area contributed by atoms with Crippen molar-refractivity contribution in [3.8, 4) is 11.3 Å². The normalized spacial score (nSPS) is 19.2. The summed E-state index contributed by atoms with van der Waals surface area (Å²) in [4.78, 5) is 17.2. The van der Waals surface area contributed by atoms with Crippen molar-refractivity contribution in [2.24, 2.45) is 0 Å². The number of hydrogen-bond acceptors (Lipinski definition) is 5. The van der Waals surface area contributed by atoms with E-state index in [-0.39, 0.29) is 18.9 Å². The molecule has 0 aliphatic carbocycles. The van der Waals surface area contributed by atoms with Crippen molar-refractivity contribution in [1.82, 2.24) is 4.98 Å². The number of anilines is 1. The monoisotopic (exact) mass is 326 g/mol. The van der Waals surface area contributed by atoms with Gasteiger partial charge < -0.3 is 9.32 Å². The van der Waals surface area contributed by atoms with Crippen LogP contribution in [0.3, 0.4) is 0 Å². The average molecular weight is 327 g/mol. The predicted octanol–water partition coefficient (Wildman–Crippen LogP) is 2.02. The molecule has 0 N–H and O–H groups in total. The van der Waals surface area contributed by atoms with Gasteiger partial charge in [-0.1, -0.05) is 0 Å². The van der Waals surface area contributed by atoms with Gasteiger partial charge in [-0.2, -0.15) is 0 Å². The van der Waals surface area contributed by atoms with Crippen LogP contribution in [0.2, 0.25) is 0 Å². The van der Waals surface area contributed by atoms with E-state index in [0.717, 1.165) is 5.56 Å². The molecule has 110 valence electrons. The second-order valence-corrected chi connectivity index (χ2v) is 7.63. The van der Waals surface area contributed by atoms with Crippen LogP contribution in [-0.4, -0.2) is 31.1 Å². The van der Waals surface area contributed by atoms with Crippen LogP contribution in [0.4, 0.5) is 5.69 Å². The van der Waals surface area contributed by atoms with Crippen LogP contribution in [0, 0.1) is 0 Å². The highest BCUT2D eigenvalue weighted by molar-refractivity contribution is 8.14. The molecule has 2 heterocycles. The Morgan fingerprint density at radius 2 is 2.00 bits per heavy atom. The molecule has 1 unspecified atom stereocenters. The van der Waals surface area contributed by atoms with Gasteiger partial charge in [0.15, 0.2) is 12.2 Å². The Morgan fingerprint density at radius 1 is 1.29 bits per heavy atom. The summed E-state index contributed by atoms with van der Waals surface area (Å²) in [6, 6.07) is 7.04. The van der Waals surface area contributed by atoms with Gasteiger partial charge in [0.2, 0.25) is 15.0 Å². The molecule has 8 heteroatoms. The topological polar surface area (TPSA) is 80.5 Å². The lowest BCUT2D eigenvalue weighted by molar-refractivity contribution is -0.117. The van der Waals surface area contributed by atoms with Gasteiger partial charge in [-0.25, -0.2) is 13.4 Å². The van der Waals surface area contributed by atoms with E-state index >= 15 is 0 Å². The molecule has 0 bridgehead atoms. The first-order valence-electron chi connectivity index (χ1n) is 6.18. The summed E-state index contributed by atoms with van der Waals surface area (Å²) in [5.74, 6) is 0.368. The van der Waals surface area contributed by atoms with Gasteiger partial charge in [-0.15, -0.1) is 0 Å². The van der Waals surface area contributed by atoms with Crippen LogP contribution in [0.15, 0.2) is 41.3 Å². The molecular formula is C13H11ClN2O4S. The minimum Gasteiger partial charge on any atom is -0.444 e. The van der Waals surface area contributed by atoms with Gasteiger partial charge in [-0.3, -0.25) is 4.79 Å². The van der Waals surface area contributed by atoms with Crippen molar-refractivity contribution in [2.45, 2.75) is 11.7 Å². The number of aromatic nitrogens is 1. The first kappa shape index (κ1) is 14.1. The third kappa shape index (κ3) is 2.79. The zero-order valence-corrected chi connectivity index (χ0v) is 12.3. The molecule has 2 aromatic rings. The summed E-state index contributed by atoms with van der Waals surface area (Å²) >= 11 is 0. The van der Waals surface area contributed by atoms with Gasteiger partial charge >= 0.3 is 0 Å². The molecule has 21 heavy (non-hydrogen) atoms. The van der Waals surface area contributed by atoms with E-state index < -0.39 is 14.3 Å². The van der Waals surface area contributed by atoms with Gasteiger partial charge in [0.05, 0.1) is 6.20 Å². The number of benzene rings is 1. The molecule has 1 aromatic carbocycles. The van der Waals surface area contributed by atoms with Crippen LogP contribution >= 0.6 is 10.7 Å². The quantitative estimate of drug-likeness (QED) is 0.806. The van der Waals surface area contributed by atoms with Crippen LogP contribution in [0.25, 0.3) is 11.3 Å². The maximum absolute atomic E-state index is 11.9. The predicted molar refractivity (Wildman–Crippen MR) is 77.5 cm³/mol. The third-order valence-corrected chi connectivity index (χ3v) is 5.25. The van der Waals surface area contributed by atoms with E-state index in [0.29, 0.717) is 11.4 Å².